The van der Waals surface area contributed by atoms with Crippen molar-refractivity contribution in [3.8, 4) is 11.1 Å². The summed E-state index contributed by atoms with van der Waals surface area (Å²) in [6.07, 6.45) is 5.68. The van der Waals surface area contributed by atoms with Crippen LogP contribution in [0.1, 0.15) is 18.4 Å². The van der Waals surface area contributed by atoms with Crippen LogP contribution in [0.25, 0.3) is 11.1 Å². The second-order valence-corrected chi connectivity index (χ2v) is 5.56. The molecule has 0 bridgehead atoms. The Morgan fingerprint density at radius 2 is 1.85 bits per heavy atom. The Hall–Kier alpha value is -1.81. The fourth-order valence-corrected chi connectivity index (χ4v) is 2.81. The highest BCUT2D eigenvalue weighted by atomic mass is 15.3. The zero-order chi connectivity index (χ0) is 13.9. The molecule has 0 amide bonds. The Balaban J connectivity index is 1.66. The molecule has 0 unspecified atom stereocenters. The average Bonchev–Trinajstić information content (AvgIpc) is 3.09. The summed E-state index contributed by atoms with van der Waals surface area (Å²) in [5.41, 5.74) is 9.55. The second kappa shape index (κ2) is 5.67. The molecule has 3 rings (SSSR count). The van der Waals surface area contributed by atoms with Crippen LogP contribution in [-0.4, -0.2) is 34.3 Å². The molecule has 0 saturated carbocycles. The molecule has 4 heteroatoms. The molecular formula is C16H22N4. The first-order valence-corrected chi connectivity index (χ1v) is 7.33. The lowest BCUT2D eigenvalue weighted by Crippen LogP contribution is -2.21. The van der Waals surface area contributed by atoms with E-state index >= 15 is 0 Å². The fraction of sp³-hybridized carbons (Fsp3) is 0.438. The number of aromatic nitrogens is 2. The largest absolute Gasteiger partial charge is 0.383 e. The third kappa shape index (κ3) is 2.70. The molecule has 2 N–H and O–H groups in total. The summed E-state index contributed by atoms with van der Waals surface area (Å²) in [6.45, 7) is 3.71. The van der Waals surface area contributed by atoms with Gasteiger partial charge < -0.3 is 10.6 Å². The normalized spacial score (nSPS) is 15.8. The van der Waals surface area contributed by atoms with Crippen molar-refractivity contribution in [2.45, 2.75) is 19.3 Å². The van der Waals surface area contributed by atoms with E-state index in [2.05, 4.69) is 34.3 Å². The molecule has 0 aliphatic carbocycles. The first kappa shape index (κ1) is 13.2. The highest BCUT2D eigenvalue weighted by Crippen LogP contribution is 2.25. The Morgan fingerprint density at radius 3 is 2.45 bits per heavy atom. The molecule has 20 heavy (non-hydrogen) atoms. The molecule has 1 saturated heterocycles. The number of nitrogens with zero attached hydrogens (tertiary/aromatic N) is 3. The summed E-state index contributed by atoms with van der Waals surface area (Å²) in [7, 11) is 1.86. The van der Waals surface area contributed by atoms with Gasteiger partial charge in [0.1, 0.15) is 5.82 Å². The van der Waals surface area contributed by atoms with Crippen molar-refractivity contribution in [2.75, 3.05) is 25.4 Å². The van der Waals surface area contributed by atoms with Crippen molar-refractivity contribution in [3.05, 3.63) is 36.0 Å². The van der Waals surface area contributed by atoms with Gasteiger partial charge in [-0.05, 0) is 43.5 Å². The van der Waals surface area contributed by atoms with Crippen LogP contribution in [0.3, 0.4) is 0 Å². The van der Waals surface area contributed by atoms with E-state index in [0.717, 1.165) is 23.4 Å². The van der Waals surface area contributed by atoms with Gasteiger partial charge in [-0.15, -0.1) is 0 Å². The maximum atomic E-state index is 6.01. The molecule has 1 aromatic carbocycles. The minimum atomic E-state index is 0.717. The molecule has 1 aliphatic heterocycles. The molecule has 2 heterocycles. The molecule has 0 spiro atoms. The molecule has 106 valence electrons. The lowest BCUT2D eigenvalue weighted by atomic mass is 10.0. The van der Waals surface area contributed by atoms with Crippen molar-refractivity contribution >= 4 is 5.82 Å². The lowest BCUT2D eigenvalue weighted by Gasteiger charge is -2.14. The first-order valence-electron chi connectivity index (χ1n) is 7.33. The predicted molar refractivity (Wildman–Crippen MR) is 82.4 cm³/mol. The highest BCUT2D eigenvalue weighted by molar-refractivity contribution is 5.73. The Morgan fingerprint density at radius 1 is 1.15 bits per heavy atom. The van der Waals surface area contributed by atoms with Gasteiger partial charge in [0, 0.05) is 19.2 Å². The van der Waals surface area contributed by atoms with Crippen LogP contribution in [0, 0.1) is 0 Å². The van der Waals surface area contributed by atoms with Gasteiger partial charge in [0.2, 0.25) is 0 Å². The van der Waals surface area contributed by atoms with E-state index in [0.29, 0.717) is 0 Å². The molecule has 1 fully saturated rings. The van der Waals surface area contributed by atoms with Gasteiger partial charge in [0.15, 0.2) is 0 Å². The monoisotopic (exact) mass is 270 g/mol. The smallest absolute Gasteiger partial charge is 0.129 e. The van der Waals surface area contributed by atoms with Crippen molar-refractivity contribution in [2.24, 2.45) is 7.05 Å². The van der Waals surface area contributed by atoms with Crippen LogP contribution in [0.5, 0.6) is 0 Å². The predicted octanol–water partition coefficient (Wildman–Crippen LogP) is 2.31. The Kier molecular flexibility index (Phi) is 3.74. The Bertz CT molecular complexity index is 565. The van der Waals surface area contributed by atoms with Gasteiger partial charge in [-0.1, -0.05) is 24.3 Å². The van der Waals surface area contributed by atoms with Crippen molar-refractivity contribution in [3.63, 3.8) is 0 Å². The van der Waals surface area contributed by atoms with Gasteiger partial charge in [-0.25, -0.2) is 0 Å². The summed E-state index contributed by atoms with van der Waals surface area (Å²) in [4.78, 5) is 2.55. The maximum Gasteiger partial charge on any atom is 0.129 e. The summed E-state index contributed by atoms with van der Waals surface area (Å²) in [5.74, 6) is 0.717. The van der Waals surface area contributed by atoms with Crippen LogP contribution in [0.15, 0.2) is 30.5 Å². The van der Waals surface area contributed by atoms with Crippen LogP contribution in [0.2, 0.25) is 0 Å². The van der Waals surface area contributed by atoms with Crippen molar-refractivity contribution in [1.29, 1.82) is 0 Å². The summed E-state index contributed by atoms with van der Waals surface area (Å²) >= 11 is 0. The van der Waals surface area contributed by atoms with E-state index < -0.39 is 0 Å². The molecule has 1 aromatic heterocycles. The molecule has 1 aliphatic rings. The van der Waals surface area contributed by atoms with E-state index in [1.165, 1.54) is 38.0 Å². The SMILES string of the molecule is Cn1ncc(-c2ccc(CCN3CCCC3)cc2)c1N. The topological polar surface area (TPSA) is 47.1 Å². The number of hydrogen-bond donors (Lipinski definition) is 1. The minimum absolute atomic E-state index is 0.717. The van der Waals surface area contributed by atoms with E-state index in [9.17, 15) is 0 Å². The van der Waals surface area contributed by atoms with E-state index in [4.69, 9.17) is 5.73 Å². The quantitative estimate of drug-likeness (QED) is 0.927. The fourth-order valence-electron chi connectivity index (χ4n) is 2.81. The molecule has 4 nitrogen and oxygen atoms in total. The van der Waals surface area contributed by atoms with Crippen molar-refractivity contribution < 1.29 is 0 Å². The molecular weight excluding hydrogens is 248 g/mol. The van der Waals surface area contributed by atoms with Gasteiger partial charge in [-0.3, -0.25) is 4.68 Å². The van der Waals surface area contributed by atoms with Gasteiger partial charge >= 0.3 is 0 Å². The number of hydrogen-bond acceptors (Lipinski definition) is 3. The zero-order valence-corrected chi connectivity index (χ0v) is 12.0. The van der Waals surface area contributed by atoms with Crippen LogP contribution in [0.4, 0.5) is 5.82 Å². The standard InChI is InChI=1S/C16H22N4/c1-19-16(17)15(12-18-19)14-6-4-13(5-7-14)8-11-20-9-2-3-10-20/h4-7,12H,2-3,8-11,17H2,1H3. The van der Waals surface area contributed by atoms with E-state index in [-0.39, 0.29) is 0 Å². The summed E-state index contributed by atoms with van der Waals surface area (Å²) in [6, 6.07) is 8.70. The van der Waals surface area contributed by atoms with Crippen molar-refractivity contribution in [1.82, 2.24) is 14.7 Å². The Labute approximate surface area is 120 Å². The second-order valence-electron chi connectivity index (χ2n) is 5.56. The van der Waals surface area contributed by atoms with E-state index in [1.54, 1.807) is 4.68 Å². The zero-order valence-electron chi connectivity index (χ0n) is 12.0. The van der Waals surface area contributed by atoms with Crippen LogP contribution < -0.4 is 5.73 Å². The maximum absolute atomic E-state index is 6.01. The lowest BCUT2D eigenvalue weighted by molar-refractivity contribution is 0.343. The van der Waals surface area contributed by atoms with E-state index in [1.807, 2.05) is 13.2 Å². The number of anilines is 1. The number of aryl methyl sites for hydroxylation is 1. The first-order chi connectivity index (χ1) is 9.74. The number of nitrogens with two attached hydrogens (primary N) is 1. The van der Waals surface area contributed by atoms with Gasteiger partial charge in [0.25, 0.3) is 0 Å². The highest BCUT2D eigenvalue weighted by Gasteiger charge is 2.11. The van der Waals surface area contributed by atoms with Crippen LogP contribution >= 0.6 is 0 Å². The number of nitrogen functional groups attached to an aromatic ring is 1. The molecule has 0 atom stereocenters. The minimum Gasteiger partial charge on any atom is -0.383 e. The molecule has 0 radical (unpaired) electrons. The average molecular weight is 270 g/mol. The summed E-state index contributed by atoms with van der Waals surface area (Å²) < 4.78 is 1.70. The number of rotatable bonds is 4. The van der Waals surface area contributed by atoms with Gasteiger partial charge in [0.05, 0.1) is 6.20 Å². The third-order valence-electron chi connectivity index (χ3n) is 4.16. The molecule has 2 aromatic rings. The number of benzene rings is 1. The van der Waals surface area contributed by atoms with Crippen LogP contribution in [-0.2, 0) is 13.5 Å². The third-order valence-corrected chi connectivity index (χ3v) is 4.16. The summed E-state index contributed by atoms with van der Waals surface area (Å²) in [5, 5.41) is 4.19. The number of likely N-dealkylation sites (tertiary alicyclic amines) is 1. The van der Waals surface area contributed by atoms with Gasteiger partial charge in [-0.2, -0.15) is 5.10 Å².